The summed E-state index contributed by atoms with van der Waals surface area (Å²) in [5.41, 5.74) is 0. The summed E-state index contributed by atoms with van der Waals surface area (Å²) >= 11 is 0. The van der Waals surface area contributed by atoms with Gasteiger partial charge in [-0.2, -0.15) is 0 Å². The first-order valence-electron chi connectivity index (χ1n) is 19.7. The molecule has 0 bridgehead atoms. The van der Waals surface area contributed by atoms with E-state index in [4.69, 9.17) is 9.47 Å². The molecule has 2 unspecified atom stereocenters. The van der Waals surface area contributed by atoms with E-state index in [1.807, 2.05) is 0 Å². The molecule has 6 nitrogen and oxygen atoms in total. The number of aliphatic hydroxyl groups is 1. The van der Waals surface area contributed by atoms with Crippen molar-refractivity contribution in [1.29, 1.82) is 0 Å². The third-order valence-corrected chi connectivity index (χ3v) is 8.97. The van der Waals surface area contributed by atoms with Gasteiger partial charge in [-0.15, -0.1) is 0 Å². The molecule has 0 spiro atoms. The van der Waals surface area contributed by atoms with Crippen LogP contribution in [0.4, 0.5) is 0 Å². The van der Waals surface area contributed by atoms with Gasteiger partial charge < -0.3 is 19.5 Å². The predicted molar refractivity (Wildman–Crippen MR) is 191 cm³/mol. The lowest BCUT2D eigenvalue weighted by molar-refractivity contribution is -0.151. The Morgan fingerprint density at radius 3 is 1.29 bits per heavy atom. The summed E-state index contributed by atoms with van der Waals surface area (Å²) in [6, 6.07) is 0. The van der Waals surface area contributed by atoms with Crippen LogP contribution < -0.4 is 0 Å². The number of carbonyl (C=O) groups is 2. The van der Waals surface area contributed by atoms with Gasteiger partial charge in [-0.1, -0.05) is 118 Å². The van der Waals surface area contributed by atoms with Crippen LogP contribution >= 0.6 is 0 Å². The highest BCUT2D eigenvalue weighted by Gasteiger charge is 2.15. The second-order valence-electron chi connectivity index (χ2n) is 13.5. The monoisotopic (exact) mass is 640 g/mol. The van der Waals surface area contributed by atoms with Gasteiger partial charge in [-0.3, -0.25) is 9.59 Å². The van der Waals surface area contributed by atoms with E-state index < -0.39 is 0 Å². The molecule has 0 aromatic rings. The first-order chi connectivity index (χ1) is 22.0. The van der Waals surface area contributed by atoms with Gasteiger partial charge in [0.2, 0.25) is 0 Å². The number of rotatable bonds is 35. The van der Waals surface area contributed by atoms with Gasteiger partial charge in [0.1, 0.15) is 12.2 Å². The van der Waals surface area contributed by atoms with Crippen molar-refractivity contribution in [3.63, 3.8) is 0 Å². The quantitative estimate of drug-likeness (QED) is 0.0549. The van der Waals surface area contributed by atoms with E-state index in [2.05, 4.69) is 32.6 Å². The van der Waals surface area contributed by atoms with Crippen LogP contribution in [0, 0.1) is 0 Å². The average molecular weight is 640 g/mol. The highest BCUT2D eigenvalue weighted by Crippen LogP contribution is 2.18. The molecule has 0 aromatic carbocycles. The molecule has 0 radical (unpaired) electrons. The van der Waals surface area contributed by atoms with Gasteiger partial charge in [-0.25, -0.2) is 0 Å². The van der Waals surface area contributed by atoms with Crippen molar-refractivity contribution < 1.29 is 24.2 Å². The van der Waals surface area contributed by atoms with Gasteiger partial charge in [0, 0.05) is 19.4 Å². The van der Waals surface area contributed by atoms with E-state index >= 15 is 0 Å². The summed E-state index contributed by atoms with van der Waals surface area (Å²) in [5, 5.41) is 9.51. The largest absolute Gasteiger partial charge is 0.462 e. The Labute approximate surface area is 280 Å². The minimum Gasteiger partial charge on any atom is -0.462 e. The maximum absolute atomic E-state index is 12.5. The molecule has 0 saturated heterocycles. The zero-order valence-corrected chi connectivity index (χ0v) is 30.6. The summed E-state index contributed by atoms with van der Waals surface area (Å²) < 4.78 is 11.6. The maximum Gasteiger partial charge on any atom is 0.306 e. The number of ether oxygens (including phenoxy) is 2. The number of unbranched alkanes of at least 4 members (excludes halogenated alkanes) is 15. The molecule has 6 heteroatoms. The van der Waals surface area contributed by atoms with Gasteiger partial charge >= 0.3 is 11.9 Å². The maximum atomic E-state index is 12.5. The molecule has 0 fully saturated rings. The van der Waals surface area contributed by atoms with Crippen LogP contribution in [0.3, 0.4) is 0 Å². The van der Waals surface area contributed by atoms with Gasteiger partial charge in [-0.05, 0) is 83.7 Å². The van der Waals surface area contributed by atoms with E-state index in [0.717, 1.165) is 116 Å². The van der Waals surface area contributed by atoms with Crippen LogP contribution in [0.15, 0.2) is 0 Å². The minimum absolute atomic E-state index is 0.000499. The molecule has 268 valence electrons. The highest BCUT2D eigenvalue weighted by molar-refractivity contribution is 5.69. The van der Waals surface area contributed by atoms with Crippen LogP contribution in [0.1, 0.15) is 201 Å². The Bertz CT molecular complexity index is 643. The minimum atomic E-state index is -0.0152. The predicted octanol–water partition coefficient (Wildman–Crippen LogP) is 10.7. The lowest BCUT2D eigenvalue weighted by Gasteiger charge is -2.21. The fraction of sp³-hybridized carbons (Fsp3) is 0.949. The smallest absolute Gasteiger partial charge is 0.306 e. The fourth-order valence-electron chi connectivity index (χ4n) is 6.13. The highest BCUT2D eigenvalue weighted by atomic mass is 16.5. The fourth-order valence-corrected chi connectivity index (χ4v) is 6.13. The molecular weight excluding hydrogens is 562 g/mol. The van der Waals surface area contributed by atoms with Crippen LogP contribution in [0.5, 0.6) is 0 Å². The van der Waals surface area contributed by atoms with Crippen molar-refractivity contribution in [2.24, 2.45) is 0 Å². The molecule has 0 heterocycles. The van der Waals surface area contributed by atoms with E-state index in [-0.39, 0.29) is 30.8 Å². The molecule has 0 rings (SSSR count). The Morgan fingerprint density at radius 2 is 0.844 bits per heavy atom. The molecular formula is C39H77NO5. The number of hydrogen-bond donors (Lipinski definition) is 1. The molecule has 2 atom stereocenters. The van der Waals surface area contributed by atoms with Crippen molar-refractivity contribution in [2.45, 2.75) is 213 Å². The third kappa shape index (κ3) is 30.0. The third-order valence-electron chi connectivity index (χ3n) is 8.97. The summed E-state index contributed by atoms with van der Waals surface area (Å²) in [7, 11) is 0. The molecule has 0 amide bonds. The molecule has 45 heavy (non-hydrogen) atoms. The standard InChI is InChI=1S/C39H77NO5/c1-5-9-12-21-29-37(28-20-11-7-3)45-39(43)31-23-16-14-18-25-33-40(34-35-41)32-24-17-13-15-22-30-38(42)44-36(26-8-4)27-19-10-6-2/h36-37,41H,5-35H2,1-4H3. The van der Waals surface area contributed by atoms with Crippen molar-refractivity contribution in [1.82, 2.24) is 4.90 Å². The topological polar surface area (TPSA) is 76.1 Å². The summed E-state index contributed by atoms with van der Waals surface area (Å²) in [6.45, 7) is 11.8. The molecule has 0 aromatic heterocycles. The van der Waals surface area contributed by atoms with Crippen LogP contribution in [0.2, 0.25) is 0 Å². The number of esters is 2. The normalized spacial score (nSPS) is 12.8. The SMILES string of the molecule is CCCCCCC(CCCCC)OC(=O)CCCCCCCN(CCO)CCCCCCCC(=O)OC(CCC)CCCCC. The molecule has 0 saturated carbocycles. The molecule has 0 aliphatic heterocycles. The zero-order chi connectivity index (χ0) is 33.2. The summed E-state index contributed by atoms with van der Waals surface area (Å²) in [5.74, 6) is -0.0157. The lowest BCUT2D eigenvalue weighted by Crippen LogP contribution is -2.29. The van der Waals surface area contributed by atoms with Crippen LogP contribution in [-0.4, -0.2) is 60.4 Å². The van der Waals surface area contributed by atoms with Crippen molar-refractivity contribution >= 4 is 11.9 Å². The van der Waals surface area contributed by atoms with Crippen LogP contribution in [-0.2, 0) is 19.1 Å². The Kier molecular flexibility index (Phi) is 33.3. The second kappa shape index (κ2) is 34.2. The molecule has 0 aliphatic rings. The Hall–Kier alpha value is -1.14. The van der Waals surface area contributed by atoms with E-state index in [1.165, 1.54) is 64.2 Å². The Morgan fingerprint density at radius 1 is 0.467 bits per heavy atom. The summed E-state index contributed by atoms with van der Waals surface area (Å²) in [6.07, 6.45) is 29.4. The van der Waals surface area contributed by atoms with E-state index in [0.29, 0.717) is 12.8 Å². The lowest BCUT2D eigenvalue weighted by atomic mass is 10.0. The van der Waals surface area contributed by atoms with Crippen molar-refractivity contribution in [3.05, 3.63) is 0 Å². The van der Waals surface area contributed by atoms with E-state index in [1.54, 1.807) is 0 Å². The zero-order valence-electron chi connectivity index (χ0n) is 30.6. The first kappa shape index (κ1) is 43.9. The van der Waals surface area contributed by atoms with Crippen molar-refractivity contribution in [3.8, 4) is 0 Å². The van der Waals surface area contributed by atoms with E-state index in [9.17, 15) is 14.7 Å². The van der Waals surface area contributed by atoms with Gasteiger partial charge in [0.25, 0.3) is 0 Å². The molecule has 1 N–H and O–H groups in total. The first-order valence-corrected chi connectivity index (χ1v) is 19.7. The van der Waals surface area contributed by atoms with Gasteiger partial charge in [0.05, 0.1) is 6.61 Å². The number of carbonyl (C=O) groups excluding carboxylic acids is 2. The summed E-state index contributed by atoms with van der Waals surface area (Å²) in [4.78, 5) is 27.1. The van der Waals surface area contributed by atoms with Crippen molar-refractivity contribution in [2.75, 3.05) is 26.2 Å². The van der Waals surface area contributed by atoms with Crippen LogP contribution in [0.25, 0.3) is 0 Å². The molecule has 0 aliphatic carbocycles. The number of nitrogens with zero attached hydrogens (tertiary/aromatic N) is 1. The number of aliphatic hydroxyl groups excluding tert-OH is 1. The Balaban J connectivity index is 3.96. The second-order valence-corrected chi connectivity index (χ2v) is 13.5. The van der Waals surface area contributed by atoms with Gasteiger partial charge in [0.15, 0.2) is 0 Å². The number of hydrogen-bond acceptors (Lipinski definition) is 6. The average Bonchev–Trinajstić information content (AvgIpc) is 3.02.